The van der Waals surface area contributed by atoms with Crippen molar-refractivity contribution in [2.75, 3.05) is 19.6 Å². The minimum absolute atomic E-state index is 0.596. The van der Waals surface area contributed by atoms with Crippen LogP contribution in [0.2, 0.25) is 0 Å². The zero-order chi connectivity index (χ0) is 12.3. The molecule has 94 valence electrons. The second-order valence-electron chi connectivity index (χ2n) is 5.61. The molecule has 1 saturated heterocycles. The molecular weight excluding hydrogens is 208 g/mol. The molecular formula is C15H26N2+2. The number of piperidine rings is 1. The maximum absolute atomic E-state index is 4.16. The van der Waals surface area contributed by atoms with E-state index < -0.39 is 0 Å². The Labute approximate surface area is 105 Å². The highest BCUT2D eigenvalue weighted by atomic mass is 15.2. The summed E-state index contributed by atoms with van der Waals surface area (Å²) in [5, 5.41) is 0. The number of hydrogen-bond donors (Lipinski definition) is 2. The largest absolute Gasteiger partial charge is 0.352 e. The van der Waals surface area contributed by atoms with Crippen molar-refractivity contribution in [2.45, 2.75) is 32.7 Å². The fraction of sp³-hybridized carbons (Fsp3) is 0.600. The van der Waals surface area contributed by atoms with E-state index in [1.54, 1.807) is 4.90 Å². The van der Waals surface area contributed by atoms with E-state index in [0.717, 1.165) is 12.5 Å². The molecule has 0 radical (unpaired) electrons. The smallest absolute Gasteiger partial charge is 0.162 e. The van der Waals surface area contributed by atoms with Crippen LogP contribution in [0, 0.1) is 12.8 Å². The number of benzene rings is 1. The van der Waals surface area contributed by atoms with Crippen LogP contribution in [0.3, 0.4) is 0 Å². The van der Waals surface area contributed by atoms with E-state index in [1.165, 1.54) is 37.1 Å². The molecule has 0 bridgehead atoms. The van der Waals surface area contributed by atoms with Gasteiger partial charge in [-0.1, -0.05) is 36.8 Å². The van der Waals surface area contributed by atoms with E-state index >= 15 is 0 Å². The predicted octanol–water partition coefficient (Wildman–Crippen LogP) is 0.593. The Morgan fingerprint density at radius 1 is 1.35 bits per heavy atom. The van der Waals surface area contributed by atoms with Gasteiger partial charge in [0.1, 0.15) is 6.54 Å². The Hall–Kier alpha value is -0.860. The highest BCUT2D eigenvalue weighted by Crippen LogP contribution is 2.13. The van der Waals surface area contributed by atoms with E-state index in [9.17, 15) is 0 Å². The first-order valence-corrected chi connectivity index (χ1v) is 6.91. The van der Waals surface area contributed by atoms with Gasteiger partial charge in [-0.25, -0.2) is 0 Å². The van der Waals surface area contributed by atoms with Gasteiger partial charge in [-0.2, -0.15) is 0 Å². The maximum atomic E-state index is 4.16. The van der Waals surface area contributed by atoms with Crippen LogP contribution in [-0.4, -0.2) is 19.6 Å². The van der Waals surface area contributed by atoms with Crippen molar-refractivity contribution in [2.24, 2.45) is 5.92 Å². The fourth-order valence-electron chi connectivity index (χ4n) is 3.05. The average molecular weight is 234 g/mol. The molecule has 0 aliphatic carbocycles. The Morgan fingerprint density at radius 2 is 2.06 bits per heavy atom. The van der Waals surface area contributed by atoms with Gasteiger partial charge >= 0.3 is 0 Å². The monoisotopic (exact) mass is 234 g/mol. The lowest BCUT2D eigenvalue weighted by Crippen LogP contribution is -3.15. The van der Waals surface area contributed by atoms with Gasteiger partial charge < -0.3 is 10.6 Å². The molecule has 17 heavy (non-hydrogen) atoms. The van der Waals surface area contributed by atoms with Crippen molar-refractivity contribution in [1.29, 1.82) is 0 Å². The Bertz CT molecular complexity index is 344. The minimum atomic E-state index is 0.596. The molecule has 1 aliphatic heterocycles. The summed E-state index contributed by atoms with van der Waals surface area (Å²) < 4.78 is 0. The van der Waals surface area contributed by atoms with Crippen LogP contribution >= 0.6 is 0 Å². The van der Waals surface area contributed by atoms with Gasteiger partial charge in [-0.05, 0) is 19.8 Å². The van der Waals surface area contributed by atoms with Gasteiger partial charge in [0.25, 0.3) is 0 Å². The molecule has 3 atom stereocenters. The lowest BCUT2D eigenvalue weighted by molar-refractivity contribution is -0.945. The van der Waals surface area contributed by atoms with Crippen molar-refractivity contribution in [3.05, 3.63) is 35.4 Å². The summed E-state index contributed by atoms with van der Waals surface area (Å²) in [6, 6.07) is 9.63. The molecule has 1 aromatic rings. The third-order valence-corrected chi connectivity index (χ3v) is 4.07. The molecule has 1 unspecified atom stereocenters. The van der Waals surface area contributed by atoms with Crippen molar-refractivity contribution < 1.29 is 10.6 Å². The summed E-state index contributed by atoms with van der Waals surface area (Å²) in [5.41, 5.74) is 6.98. The number of rotatable bonds is 3. The molecule has 1 heterocycles. The predicted molar refractivity (Wildman–Crippen MR) is 70.8 cm³/mol. The summed E-state index contributed by atoms with van der Waals surface area (Å²) in [6.07, 6.45) is 2.78. The van der Waals surface area contributed by atoms with E-state index in [0.29, 0.717) is 6.04 Å². The normalized spacial score (nSPS) is 26.8. The Balaban J connectivity index is 2.12. The van der Waals surface area contributed by atoms with Crippen LogP contribution in [0.5, 0.6) is 0 Å². The third kappa shape index (κ3) is 3.08. The average Bonchev–Trinajstić information content (AvgIpc) is 2.33. The van der Waals surface area contributed by atoms with Gasteiger partial charge in [-0.15, -0.1) is 0 Å². The van der Waals surface area contributed by atoms with Crippen molar-refractivity contribution in [1.82, 2.24) is 0 Å². The second kappa shape index (κ2) is 5.65. The van der Waals surface area contributed by atoms with Crippen LogP contribution in [0.25, 0.3) is 0 Å². The summed E-state index contributed by atoms with van der Waals surface area (Å²) in [5.74, 6) is 0.873. The molecule has 1 aromatic carbocycles. The summed E-state index contributed by atoms with van der Waals surface area (Å²) in [7, 11) is 0. The first kappa shape index (κ1) is 12.6. The van der Waals surface area contributed by atoms with Gasteiger partial charge in [0.05, 0.1) is 13.1 Å². The van der Waals surface area contributed by atoms with E-state index in [4.69, 9.17) is 0 Å². The highest BCUT2D eigenvalue weighted by molar-refractivity contribution is 5.23. The lowest BCUT2D eigenvalue weighted by Gasteiger charge is -2.33. The zero-order valence-electron chi connectivity index (χ0n) is 11.2. The first-order valence-electron chi connectivity index (χ1n) is 6.91. The van der Waals surface area contributed by atoms with Crippen LogP contribution < -0.4 is 10.6 Å². The number of hydrogen-bond acceptors (Lipinski definition) is 0. The van der Waals surface area contributed by atoms with Crippen LogP contribution in [0.4, 0.5) is 0 Å². The topological polar surface area (TPSA) is 32.1 Å². The molecule has 0 saturated carbocycles. The molecule has 4 N–H and O–H groups in total. The van der Waals surface area contributed by atoms with Crippen molar-refractivity contribution in [3.63, 3.8) is 0 Å². The zero-order valence-corrected chi connectivity index (χ0v) is 11.2. The van der Waals surface area contributed by atoms with Crippen LogP contribution in [0.15, 0.2) is 24.3 Å². The van der Waals surface area contributed by atoms with E-state index in [-0.39, 0.29) is 0 Å². The molecule has 0 aromatic heterocycles. The van der Waals surface area contributed by atoms with Crippen LogP contribution in [0.1, 0.15) is 36.9 Å². The molecule has 0 spiro atoms. The third-order valence-electron chi connectivity index (χ3n) is 4.07. The number of aryl methyl sites for hydroxylation is 1. The fourth-order valence-corrected chi connectivity index (χ4v) is 3.05. The minimum Gasteiger partial charge on any atom is -0.352 e. The van der Waals surface area contributed by atoms with Crippen molar-refractivity contribution >= 4 is 0 Å². The van der Waals surface area contributed by atoms with Gasteiger partial charge in [-0.3, -0.25) is 0 Å². The standard InChI is InChI=1S/C15H24N2/c1-12-5-7-14(8-6-12)15(10-16)17-9-3-4-13(2)11-17/h5-8,13,15H,3-4,9-11,16H2,1-2H3/p+2/t13-,15+/m0/s1. The number of likely N-dealkylation sites (tertiary alicyclic amines) is 1. The molecule has 2 nitrogen and oxygen atoms in total. The molecule has 0 amide bonds. The number of quaternary nitrogens is 2. The summed E-state index contributed by atoms with van der Waals surface area (Å²) in [4.78, 5) is 1.74. The summed E-state index contributed by atoms with van der Waals surface area (Å²) >= 11 is 0. The Morgan fingerprint density at radius 3 is 2.65 bits per heavy atom. The maximum Gasteiger partial charge on any atom is 0.162 e. The summed E-state index contributed by atoms with van der Waals surface area (Å²) in [6.45, 7) is 8.17. The Kier molecular flexibility index (Phi) is 4.19. The lowest BCUT2D eigenvalue weighted by atomic mass is 9.96. The molecule has 1 aliphatic rings. The first-order chi connectivity index (χ1) is 8.20. The van der Waals surface area contributed by atoms with Crippen molar-refractivity contribution in [3.8, 4) is 0 Å². The highest BCUT2D eigenvalue weighted by Gasteiger charge is 2.28. The second-order valence-corrected chi connectivity index (χ2v) is 5.61. The molecule has 2 rings (SSSR count). The molecule has 2 heteroatoms. The van der Waals surface area contributed by atoms with E-state index in [1.807, 2.05) is 0 Å². The number of nitrogens with one attached hydrogen (secondary N) is 1. The van der Waals surface area contributed by atoms with Gasteiger partial charge in [0, 0.05) is 11.5 Å². The van der Waals surface area contributed by atoms with Crippen LogP contribution in [-0.2, 0) is 0 Å². The molecule has 1 fully saturated rings. The van der Waals surface area contributed by atoms with Gasteiger partial charge in [0.15, 0.2) is 6.04 Å². The van der Waals surface area contributed by atoms with Gasteiger partial charge in [0.2, 0.25) is 0 Å². The quantitative estimate of drug-likeness (QED) is 0.767. The SMILES string of the molecule is Cc1ccc([C@@H](C[NH3+])[NH+]2CCC[C@H](C)C2)cc1. The van der Waals surface area contributed by atoms with E-state index in [2.05, 4.69) is 43.8 Å².